The second-order valence-corrected chi connectivity index (χ2v) is 9.33. The number of carbonyl (C=O) groups is 1. The Morgan fingerprint density at radius 2 is 1.81 bits per heavy atom. The van der Waals surface area contributed by atoms with Gasteiger partial charge in [-0.25, -0.2) is 4.79 Å². The maximum absolute atomic E-state index is 13.0. The minimum atomic E-state index is -0.778. The topological polar surface area (TPSA) is 85.4 Å². The van der Waals surface area contributed by atoms with Crippen molar-refractivity contribution in [1.82, 2.24) is 9.80 Å². The Kier molecular flexibility index (Phi) is 11.1. The first-order chi connectivity index (χ1) is 14.5. The Bertz CT molecular complexity index is 625. The summed E-state index contributed by atoms with van der Waals surface area (Å²) in [6, 6.07) is 0.275. The van der Waals surface area contributed by atoms with E-state index in [9.17, 15) is 9.90 Å². The molecule has 180 valence electrons. The number of aliphatic hydroxyl groups excluding tert-OH is 1. The molecule has 8 nitrogen and oxygen atoms in total. The zero-order valence-corrected chi connectivity index (χ0v) is 20.8. The van der Waals surface area contributed by atoms with Crippen LogP contribution in [-0.2, 0) is 19.0 Å². The molecule has 1 amide bonds. The van der Waals surface area contributed by atoms with Crippen LogP contribution in [0.2, 0.25) is 0 Å². The Morgan fingerprint density at radius 1 is 1.19 bits per heavy atom. The lowest BCUT2D eigenvalue weighted by atomic mass is 9.88. The Hall–Kier alpha value is -1.48. The minimum absolute atomic E-state index is 0.168. The van der Waals surface area contributed by atoms with Crippen LogP contribution in [0.4, 0.5) is 0 Å². The maximum Gasteiger partial charge on any atom is 0.408 e. The number of nitrogens with zero attached hydrogens (tertiary/aromatic N) is 2. The molecule has 0 radical (unpaired) electrons. The van der Waals surface area contributed by atoms with Crippen molar-refractivity contribution in [1.29, 1.82) is 0 Å². The third-order valence-electron chi connectivity index (χ3n) is 6.16. The highest BCUT2D eigenvalue weighted by Gasteiger charge is 2.41. The van der Waals surface area contributed by atoms with Crippen molar-refractivity contribution in [2.24, 2.45) is 5.41 Å². The van der Waals surface area contributed by atoms with Gasteiger partial charge in [-0.05, 0) is 40.7 Å². The Morgan fingerprint density at radius 3 is 2.35 bits per heavy atom. The maximum atomic E-state index is 13.0. The van der Waals surface area contributed by atoms with E-state index in [-0.39, 0.29) is 23.3 Å². The molecule has 0 atom stereocenters. The van der Waals surface area contributed by atoms with E-state index in [1.807, 2.05) is 39.8 Å². The highest BCUT2D eigenvalue weighted by atomic mass is 16.5. The highest BCUT2D eigenvalue weighted by molar-refractivity contribution is 5.87. The van der Waals surface area contributed by atoms with Gasteiger partial charge in [0.2, 0.25) is 0 Å². The van der Waals surface area contributed by atoms with Gasteiger partial charge in [-0.3, -0.25) is 4.90 Å². The number of hydrogen-bond donors (Lipinski definition) is 2. The normalized spacial score (nSPS) is 17.3. The van der Waals surface area contributed by atoms with Gasteiger partial charge in [-0.15, -0.1) is 4.99 Å². The average molecular weight is 443 g/mol. The van der Waals surface area contributed by atoms with Gasteiger partial charge < -0.3 is 24.2 Å². The summed E-state index contributed by atoms with van der Waals surface area (Å²) in [5.74, 6) is -0.415. The first kappa shape index (κ1) is 27.6. The molecule has 0 aromatic carbocycles. The van der Waals surface area contributed by atoms with E-state index in [2.05, 4.69) is 23.7 Å². The highest BCUT2D eigenvalue weighted by Crippen LogP contribution is 2.28. The summed E-state index contributed by atoms with van der Waals surface area (Å²) < 4.78 is 16.2. The molecule has 1 heterocycles. The smallest absolute Gasteiger partial charge is 0.408 e. The van der Waals surface area contributed by atoms with Gasteiger partial charge in [0.1, 0.15) is 5.54 Å². The van der Waals surface area contributed by atoms with Crippen molar-refractivity contribution < 1.29 is 29.1 Å². The molecule has 0 aromatic heterocycles. The summed E-state index contributed by atoms with van der Waals surface area (Å²) in [4.78, 5) is 19.8. The van der Waals surface area contributed by atoms with Crippen LogP contribution in [0.1, 0.15) is 47.5 Å². The molecular formula is C23H44N3O5+. The summed E-state index contributed by atoms with van der Waals surface area (Å²) in [6.45, 7) is 13.6. The number of carbonyl (C=O) groups excluding carboxylic acids is 1. The standard InChI is InChI=1S/C23H43N3O5/c1-9-25(6)19(22(2,3)17-31-15-14-29-8)16-20(27)24-21(28)23(4,5)26(7)18-10-12-30-13-11-18/h16,18H,9-15,17H2,1-8H3,(H,24,27,28)/p+1. The van der Waals surface area contributed by atoms with Crippen molar-refractivity contribution >= 4 is 11.8 Å². The van der Waals surface area contributed by atoms with Crippen molar-refractivity contribution in [2.75, 3.05) is 60.8 Å². The number of likely N-dealkylation sites (N-methyl/N-ethyl adjacent to an activating group) is 1. The van der Waals surface area contributed by atoms with Gasteiger partial charge >= 0.3 is 11.8 Å². The van der Waals surface area contributed by atoms with E-state index >= 15 is 0 Å². The van der Waals surface area contributed by atoms with Crippen LogP contribution in [0.5, 0.6) is 0 Å². The molecule has 1 fully saturated rings. The molecule has 1 rings (SSSR count). The molecular weight excluding hydrogens is 398 g/mol. The summed E-state index contributed by atoms with van der Waals surface area (Å²) in [7, 11) is 5.56. The van der Waals surface area contributed by atoms with E-state index in [4.69, 9.17) is 14.2 Å². The Balaban J connectivity index is 3.02. The van der Waals surface area contributed by atoms with Crippen LogP contribution < -0.4 is 4.99 Å². The number of aliphatic hydroxyl groups is 1. The van der Waals surface area contributed by atoms with Crippen molar-refractivity contribution in [3.05, 3.63) is 11.8 Å². The van der Waals surface area contributed by atoms with Crippen LogP contribution in [0.25, 0.3) is 0 Å². The van der Waals surface area contributed by atoms with E-state index < -0.39 is 5.54 Å². The molecule has 0 saturated carbocycles. The molecule has 1 aliphatic heterocycles. The number of rotatable bonds is 12. The average Bonchev–Trinajstić information content (AvgIpc) is 2.74. The predicted octanol–water partition coefficient (Wildman–Crippen LogP) is 0.964. The summed E-state index contributed by atoms with van der Waals surface area (Å²) >= 11 is 0. The van der Waals surface area contributed by atoms with Gasteiger partial charge in [0, 0.05) is 51.1 Å². The molecule has 0 aliphatic carbocycles. The Labute approximate surface area is 188 Å². The SMILES string of the molecule is CCN(C)C(=CC(O)=[NH+]C(=O)C(C)(C)N(C)C1CCOCC1)C(C)(C)COCCOC. The number of ether oxygens (including phenoxy) is 3. The fraction of sp³-hybridized carbons (Fsp3) is 0.826. The van der Waals surface area contributed by atoms with E-state index in [1.54, 1.807) is 13.2 Å². The molecule has 31 heavy (non-hydrogen) atoms. The molecule has 0 spiro atoms. The van der Waals surface area contributed by atoms with E-state index in [0.717, 1.165) is 25.1 Å². The summed E-state index contributed by atoms with van der Waals surface area (Å²) in [5.41, 5.74) is -0.272. The van der Waals surface area contributed by atoms with Gasteiger partial charge in [-0.2, -0.15) is 0 Å². The van der Waals surface area contributed by atoms with E-state index in [0.29, 0.717) is 33.0 Å². The van der Waals surface area contributed by atoms with Gasteiger partial charge in [0.15, 0.2) is 0 Å². The van der Waals surface area contributed by atoms with Crippen LogP contribution in [-0.4, -0.2) is 99.1 Å². The number of nitrogens with one attached hydrogen (secondary N) is 1. The zero-order chi connectivity index (χ0) is 23.7. The number of amides is 1. The monoisotopic (exact) mass is 442 g/mol. The molecule has 2 N–H and O–H groups in total. The van der Waals surface area contributed by atoms with Crippen molar-refractivity contribution in [3.63, 3.8) is 0 Å². The molecule has 0 bridgehead atoms. The first-order valence-electron chi connectivity index (χ1n) is 11.1. The molecule has 0 unspecified atom stereocenters. The van der Waals surface area contributed by atoms with E-state index in [1.165, 1.54) is 0 Å². The first-order valence-corrected chi connectivity index (χ1v) is 11.1. The third-order valence-corrected chi connectivity index (χ3v) is 6.16. The zero-order valence-electron chi connectivity index (χ0n) is 20.8. The van der Waals surface area contributed by atoms with Crippen LogP contribution in [0.15, 0.2) is 11.8 Å². The lowest BCUT2D eigenvalue weighted by Gasteiger charge is -2.38. The largest absolute Gasteiger partial charge is 0.460 e. The van der Waals surface area contributed by atoms with Crippen LogP contribution in [0, 0.1) is 5.41 Å². The second-order valence-electron chi connectivity index (χ2n) is 9.33. The number of methoxy groups -OCH3 is 1. The number of hydrogen-bond acceptors (Lipinski definition) is 6. The molecule has 0 aromatic rings. The van der Waals surface area contributed by atoms with Crippen molar-refractivity contribution in [2.45, 2.75) is 59.0 Å². The fourth-order valence-electron chi connectivity index (χ4n) is 3.66. The van der Waals surface area contributed by atoms with Gasteiger partial charge in [0.05, 0.1) is 25.9 Å². The molecule has 1 aliphatic rings. The van der Waals surface area contributed by atoms with Gasteiger partial charge in [0.25, 0.3) is 0 Å². The quantitative estimate of drug-likeness (QED) is 0.265. The van der Waals surface area contributed by atoms with Crippen LogP contribution >= 0.6 is 0 Å². The molecule has 8 heteroatoms. The summed E-state index contributed by atoms with van der Waals surface area (Å²) in [6.07, 6.45) is 3.42. The van der Waals surface area contributed by atoms with Crippen LogP contribution in [0.3, 0.4) is 0 Å². The lowest BCUT2D eigenvalue weighted by Crippen LogP contribution is -2.84. The minimum Gasteiger partial charge on any atom is -0.460 e. The predicted molar refractivity (Wildman–Crippen MR) is 122 cm³/mol. The van der Waals surface area contributed by atoms with Crippen molar-refractivity contribution in [3.8, 4) is 0 Å². The third kappa shape index (κ3) is 8.18. The molecule has 1 saturated heterocycles. The van der Waals surface area contributed by atoms with Gasteiger partial charge in [-0.1, -0.05) is 13.8 Å². The fourth-order valence-corrected chi connectivity index (χ4v) is 3.66. The summed E-state index contributed by atoms with van der Waals surface area (Å²) in [5, 5.41) is 10.6. The lowest BCUT2D eigenvalue weighted by molar-refractivity contribution is -0.395. The second kappa shape index (κ2) is 12.5.